The van der Waals surface area contributed by atoms with Crippen LogP contribution in [0.4, 0.5) is 0 Å². The van der Waals surface area contributed by atoms with Crippen LogP contribution >= 0.6 is 0 Å². The molecule has 1 aromatic rings. The number of rotatable bonds is 4. The topological polar surface area (TPSA) is 98.5 Å². The van der Waals surface area contributed by atoms with Crippen molar-refractivity contribution >= 4 is 10.0 Å². The number of nitrogens with one attached hydrogen (secondary N) is 1. The van der Waals surface area contributed by atoms with E-state index in [1.807, 2.05) is 0 Å². The summed E-state index contributed by atoms with van der Waals surface area (Å²) in [7, 11) is -3.74. The van der Waals surface area contributed by atoms with Gasteiger partial charge in [0.05, 0.1) is 11.5 Å². The van der Waals surface area contributed by atoms with E-state index in [9.17, 15) is 18.5 Å². The molecule has 1 fully saturated rings. The van der Waals surface area contributed by atoms with Crippen LogP contribution < -0.4 is 4.72 Å². The molecule has 18 heavy (non-hydrogen) atoms. The molecule has 0 spiro atoms. The van der Waals surface area contributed by atoms with Crippen LogP contribution in [-0.2, 0) is 14.8 Å². The van der Waals surface area contributed by atoms with Gasteiger partial charge in [-0.2, -0.15) is 4.72 Å². The molecule has 1 aliphatic rings. The van der Waals surface area contributed by atoms with Gasteiger partial charge in [-0.1, -0.05) is 18.2 Å². The van der Waals surface area contributed by atoms with Crippen LogP contribution in [0.2, 0.25) is 0 Å². The van der Waals surface area contributed by atoms with Crippen LogP contribution in [0.5, 0.6) is 0 Å². The molecule has 2 unspecified atom stereocenters. The monoisotopic (exact) mass is 272 g/mol. The lowest BCUT2D eigenvalue weighted by Crippen LogP contribution is -2.45. The highest BCUT2D eigenvalue weighted by Crippen LogP contribution is 2.14. The Bertz CT molecular complexity index is 530. The standard InChI is InChI=1S/C10H12N2O5S/c13-12(14)10-7-17-6-9(10)11-18(15,16)8-4-2-1-3-5-8/h1-5,9-11H,6-7H2. The van der Waals surface area contributed by atoms with Crippen LogP contribution in [0.15, 0.2) is 35.2 Å². The number of ether oxygens (including phenoxy) is 1. The lowest BCUT2D eigenvalue weighted by atomic mass is 10.2. The Morgan fingerprint density at radius 2 is 1.94 bits per heavy atom. The molecule has 1 aromatic carbocycles. The van der Waals surface area contributed by atoms with Crippen molar-refractivity contribution in [3.63, 3.8) is 0 Å². The summed E-state index contributed by atoms with van der Waals surface area (Å²) < 4.78 is 31.2. The van der Waals surface area contributed by atoms with E-state index in [4.69, 9.17) is 4.74 Å². The number of nitrogens with zero attached hydrogens (tertiary/aromatic N) is 1. The van der Waals surface area contributed by atoms with Gasteiger partial charge in [-0.25, -0.2) is 8.42 Å². The smallest absolute Gasteiger partial charge is 0.254 e. The van der Waals surface area contributed by atoms with E-state index in [1.54, 1.807) is 18.2 Å². The summed E-state index contributed by atoms with van der Waals surface area (Å²) in [6, 6.07) is 5.86. The summed E-state index contributed by atoms with van der Waals surface area (Å²) >= 11 is 0. The number of nitro groups is 1. The fraction of sp³-hybridized carbons (Fsp3) is 0.400. The van der Waals surface area contributed by atoms with E-state index < -0.39 is 27.0 Å². The molecule has 0 radical (unpaired) electrons. The van der Waals surface area contributed by atoms with E-state index >= 15 is 0 Å². The highest BCUT2D eigenvalue weighted by Gasteiger charge is 2.40. The maximum atomic E-state index is 12.0. The molecule has 1 saturated heterocycles. The Morgan fingerprint density at radius 1 is 1.28 bits per heavy atom. The molecule has 2 rings (SSSR count). The zero-order chi connectivity index (χ0) is 13.2. The minimum absolute atomic E-state index is 0.0116. The predicted molar refractivity (Wildman–Crippen MR) is 62.2 cm³/mol. The first-order valence-electron chi connectivity index (χ1n) is 5.29. The maximum Gasteiger partial charge on any atom is 0.254 e. The quantitative estimate of drug-likeness (QED) is 0.615. The maximum absolute atomic E-state index is 12.0. The fourth-order valence-corrected chi connectivity index (χ4v) is 3.01. The summed E-state index contributed by atoms with van der Waals surface area (Å²) in [5, 5.41) is 10.7. The van der Waals surface area contributed by atoms with Crippen molar-refractivity contribution in [1.29, 1.82) is 0 Å². The van der Waals surface area contributed by atoms with Crippen LogP contribution in [0.1, 0.15) is 0 Å². The molecule has 0 aliphatic carbocycles. The molecule has 1 heterocycles. The average molecular weight is 272 g/mol. The molecular formula is C10H12N2O5S. The second-order valence-electron chi connectivity index (χ2n) is 3.93. The van der Waals surface area contributed by atoms with Gasteiger partial charge in [0.25, 0.3) is 6.04 Å². The van der Waals surface area contributed by atoms with E-state index in [0.29, 0.717) is 0 Å². The summed E-state index contributed by atoms with van der Waals surface area (Å²) in [4.78, 5) is 10.3. The molecule has 7 nitrogen and oxygen atoms in total. The second kappa shape index (κ2) is 5.01. The van der Waals surface area contributed by atoms with Crippen molar-refractivity contribution in [3.05, 3.63) is 40.4 Å². The first kappa shape index (κ1) is 12.9. The van der Waals surface area contributed by atoms with Crippen LogP contribution in [-0.4, -0.2) is 38.6 Å². The van der Waals surface area contributed by atoms with Gasteiger partial charge in [0.1, 0.15) is 12.6 Å². The van der Waals surface area contributed by atoms with Crippen molar-refractivity contribution in [3.8, 4) is 0 Å². The number of benzene rings is 1. The Hall–Kier alpha value is -1.51. The molecular weight excluding hydrogens is 260 g/mol. The lowest BCUT2D eigenvalue weighted by molar-refractivity contribution is -0.522. The highest BCUT2D eigenvalue weighted by atomic mass is 32.2. The van der Waals surface area contributed by atoms with E-state index in [2.05, 4.69) is 4.72 Å². The third-order valence-corrected chi connectivity index (χ3v) is 4.19. The third kappa shape index (κ3) is 2.66. The SMILES string of the molecule is O=[N+]([O-])C1COCC1NS(=O)(=O)c1ccccc1. The largest absolute Gasteiger partial charge is 0.372 e. The Labute approximate surface area is 104 Å². The molecule has 0 saturated carbocycles. The summed E-state index contributed by atoms with van der Waals surface area (Å²) in [6.07, 6.45) is 0. The molecule has 0 aromatic heterocycles. The Morgan fingerprint density at radius 3 is 2.56 bits per heavy atom. The molecule has 8 heteroatoms. The first-order chi connectivity index (χ1) is 8.50. The van der Waals surface area contributed by atoms with Crippen molar-refractivity contribution in [2.75, 3.05) is 13.2 Å². The Kier molecular flexibility index (Phi) is 3.60. The number of hydrogen-bond acceptors (Lipinski definition) is 5. The average Bonchev–Trinajstić information content (AvgIpc) is 2.78. The van der Waals surface area contributed by atoms with Gasteiger partial charge in [0, 0.05) is 4.92 Å². The van der Waals surface area contributed by atoms with Gasteiger partial charge in [-0.3, -0.25) is 10.1 Å². The van der Waals surface area contributed by atoms with Crippen LogP contribution in [0, 0.1) is 10.1 Å². The molecule has 1 aliphatic heterocycles. The van der Waals surface area contributed by atoms with Crippen molar-refractivity contribution < 1.29 is 18.1 Å². The minimum atomic E-state index is -3.74. The number of hydrogen-bond donors (Lipinski definition) is 1. The van der Waals surface area contributed by atoms with E-state index in [1.165, 1.54) is 12.1 Å². The van der Waals surface area contributed by atoms with Gasteiger partial charge >= 0.3 is 0 Å². The summed E-state index contributed by atoms with van der Waals surface area (Å²) in [5.74, 6) is 0. The lowest BCUT2D eigenvalue weighted by Gasteiger charge is -2.13. The third-order valence-electron chi connectivity index (χ3n) is 2.68. The van der Waals surface area contributed by atoms with Gasteiger partial charge in [0.15, 0.2) is 0 Å². The Balaban J connectivity index is 2.16. The molecule has 0 amide bonds. The van der Waals surface area contributed by atoms with E-state index in [0.717, 1.165) is 0 Å². The minimum Gasteiger partial charge on any atom is -0.372 e. The second-order valence-corrected chi connectivity index (χ2v) is 5.64. The van der Waals surface area contributed by atoms with Crippen molar-refractivity contribution in [2.24, 2.45) is 0 Å². The van der Waals surface area contributed by atoms with Crippen molar-refractivity contribution in [1.82, 2.24) is 4.72 Å². The highest BCUT2D eigenvalue weighted by molar-refractivity contribution is 7.89. The zero-order valence-electron chi connectivity index (χ0n) is 9.35. The molecule has 1 N–H and O–H groups in total. The number of sulfonamides is 1. The first-order valence-corrected chi connectivity index (χ1v) is 6.77. The zero-order valence-corrected chi connectivity index (χ0v) is 10.2. The van der Waals surface area contributed by atoms with Gasteiger partial charge in [0.2, 0.25) is 10.0 Å². The van der Waals surface area contributed by atoms with Gasteiger partial charge < -0.3 is 4.74 Å². The molecule has 2 atom stereocenters. The predicted octanol–water partition coefficient (Wildman–Crippen LogP) is 0.00900. The van der Waals surface area contributed by atoms with Gasteiger partial charge in [-0.05, 0) is 12.1 Å². The summed E-state index contributed by atoms with van der Waals surface area (Å²) in [5.41, 5.74) is 0. The normalized spacial score (nSPS) is 24.0. The van der Waals surface area contributed by atoms with Gasteiger partial charge in [-0.15, -0.1) is 0 Å². The molecule has 0 bridgehead atoms. The summed E-state index contributed by atoms with van der Waals surface area (Å²) in [6.45, 7) is -0.0628. The molecule has 98 valence electrons. The fourth-order valence-electron chi connectivity index (χ4n) is 1.73. The van der Waals surface area contributed by atoms with Crippen molar-refractivity contribution in [2.45, 2.75) is 17.0 Å². The van der Waals surface area contributed by atoms with E-state index in [-0.39, 0.29) is 18.1 Å². The van der Waals surface area contributed by atoms with Crippen LogP contribution in [0.25, 0.3) is 0 Å². The van der Waals surface area contributed by atoms with Crippen LogP contribution in [0.3, 0.4) is 0 Å².